The van der Waals surface area contributed by atoms with E-state index >= 15 is 0 Å². The molecule has 0 unspecified atom stereocenters. The molecular formula is C26H32Cl3N3O. The molecule has 2 aromatic rings. The van der Waals surface area contributed by atoms with E-state index in [2.05, 4.69) is 29.3 Å². The van der Waals surface area contributed by atoms with Crippen molar-refractivity contribution in [3.8, 4) is 0 Å². The highest BCUT2D eigenvalue weighted by Crippen LogP contribution is 2.37. The van der Waals surface area contributed by atoms with Crippen LogP contribution in [0.4, 0.5) is 5.69 Å². The molecule has 0 radical (unpaired) electrons. The molecule has 178 valence electrons. The van der Waals surface area contributed by atoms with Crippen molar-refractivity contribution in [3.05, 3.63) is 62.6 Å². The van der Waals surface area contributed by atoms with Crippen LogP contribution in [0.2, 0.25) is 15.1 Å². The molecule has 33 heavy (non-hydrogen) atoms. The van der Waals surface area contributed by atoms with E-state index in [0.717, 1.165) is 56.4 Å². The largest absolute Gasteiger partial charge is 0.377 e. The predicted octanol–water partition coefficient (Wildman–Crippen LogP) is 7.04. The number of halogens is 3. The van der Waals surface area contributed by atoms with Gasteiger partial charge in [0, 0.05) is 22.0 Å². The number of primary amides is 1. The van der Waals surface area contributed by atoms with Gasteiger partial charge in [0.15, 0.2) is 0 Å². The summed E-state index contributed by atoms with van der Waals surface area (Å²) in [5, 5.41) is 5.50. The molecule has 1 amide bonds. The Hall–Kier alpha value is -1.46. The molecule has 0 aromatic heterocycles. The first-order chi connectivity index (χ1) is 15.8. The van der Waals surface area contributed by atoms with Gasteiger partial charge < -0.3 is 16.0 Å². The maximum atomic E-state index is 11.7. The van der Waals surface area contributed by atoms with E-state index in [9.17, 15) is 4.79 Å². The number of carbonyl (C=O) groups is 1. The van der Waals surface area contributed by atoms with Gasteiger partial charge in [0.25, 0.3) is 0 Å². The Morgan fingerprint density at radius 3 is 2.48 bits per heavy atom. The van der Waals surface area contributed by atoms with Gasteiger partial charge in [-0.15, -0.1) is 0 Å². The average Bonchev–Trinajstić information content (AvgIpc) is 2.80. The fourth-order valence-corrected chi connectivity index (χ4v) is 6.17. The molecule has 7 heteroatoms. The Labute approximate surface area is 211 Å². The molecule has 1 heterocycles. The van der Waals surface area contributed by atoms with E-state index in [-0.39, 0.29) is 17.9 Å². The van der Waals surface area contributed by atoms with Crippen LogP contribution in [-0.2, 0) is 4.79 Å². The van der Waals surface area contributed by atoms with Crippen molar-refractivity contribution in [2.24, 2.45) is 11.7 Å². The van der Waals surface area contributed by atoms with Crippen molar-refractivity contribution in [1.29, 1.82) is 0 Å². The fourth-order valence-electron chi connectivity index (χ4n) is 5.42. The number of nitrogens with one attached hydrogen (secondary N) is 1. The number of hydrogen-bond acceptors (Lipinski definition) is 3. The topological polar surface area (TPSA) is 58.4 Å². The van der Waals surface area contributed by atoms with E-state index in [1.165, 1.54) is 12.0 Å². The van der Waals surface area contributed by atoms with Crippen molar-refractivity contribution >= 4 is 46.4 Å². The summed E-state index contributed by atoms with van der Waals surface area (Å²) in [7, 11) is 0. The summed E-state index contributed by atoms with van der Waals surface area (Å²) in [6.07, 6.45) is 6.35. The Morgan fingerprint density at radius 2 is 1.79 bits per heavy atom. The first kappa shape index (κ1) is 24.7. The van der Waals surface area contributed by atoms with Crippen molar-refractivity contribution in [3.63, 3.8) is 0 Å². The third-order valence-corrected chi connectivity index (χ3v) is 8.25. The number of nitrogens with zero attached hydrogens (tertiary/aromatic N) is 1. The monoisotopic (exact) mass is 507 g/mol. The second kappa shape index (κ2) is 10.9. The highest BCUT2D eigenvalue weighted by atomic mass is 35.5. The van der Waals surface area contributed by atoms with E-state index in [1.54, 1.807) is 6.07 Å². The smallest absolute Gasteiger partial charge is 0.220 e. The standard InChI is InChI=1S/C26H32Cl3N3O/c1-16(22-7-6-20(27)15-24(22)29)31-25-14-18(5-8-23(25)28)17-9-11-32(12-10-17)21-4-2-3-19(13-21)26(30)33/h5-8,14-17,19,21,31H,2-4,9-13H2,1H3,(H2,30,33)/t16-,19+,21-/m1/s1. The number of benzene rings is 2. The van der Waals surface area contributed by atoms with Gasteiger partial charge in [-0.05, 0) is 93.4 Å². The van der Waals surface area contributed by atoms with Gasteiger partial charge in [-0.1, -0.05) is 53.4 Å². The van der Waals surface area contributed by atoms with E-state index in [1.807, 2.05) is 18.2 Å². The third-order valence-electron chi connectivity index (χ3n) is 7.36. The summed E-state index contributed by atoms with van der Waals surface area (Å²) in [6.45, 7) is 4.19. The summed E-state index contributed by atoms with van der Waals surface area (Å²) < 4.78 is 0. The molecule has 2 aliphatic rings. The number of carbonyl (C=O) groups excluding carboxylic acids is 1. The van der Waals surface area contributed by atoms with E-state index in [4.69, 9.17) is 40.5 Å². The Kier molecular flexibility index (Phi) is 8.11. The Morgan fingerprint density at radius 1 is 1.03 bits per heavy atom. The maximum absolute atomic E-state index is 11.7. The number of piperidine rings is 1. The number of hydrogen-bond donors (Lipinski definition) is 2. The minimum absolute atomic E-state index is 0.00568. The molecule has 1 aliphatic carbocycles. The number of anilines is 1. The Bertz CT molecular complexity index is 991. The number of likely N-dealkylation sites (tertiary alicyclic amines) is 1. The molecular weight excluding hydrogens is 477 g/mol. The molecule has 3 atom stereocenters. The normalized spacial score (nSPS) is 23.3. The van der Waals surface area contributed by atoms with Gasteiger partial charge in [0.1, 0.15) is 0 Å². The van der Waals surface area contributed by atoms with Crippen LogP contribution < -0.4 is 11.1 Å². The van der Waals surface area contributed by atoms with Crippen molar-refractivity contribution < 1.29 is 4.79 Å². The maximum Gasteiger partial charge on any atom is 0.220 e. The third kappa shape index (κ3) is 5.97. The second-order valence-corrected chi connectivity index (χ2v) is 10.8. The summed E-state index contributed by atoms with van der Waals surface area (Å²) in [6, 6.07) is 12.4. The van der Waals surface area contributed by atoms with Crippen molar-refractivity contribution in [2.45, 2.75) is 63.5 Å². The van der Waals surface area contributed by atoms with E-state index < -0.39 is 0 Å². The average molecular weight is 509 g/mol. The van der Waals surface area contributed by atoms with Crippen LogP contribution in [0.25, 0.3) is 0 Å². The summed E-state index contributed by atoms with van der Waals surface area (Å²) >= 11 is 19.0. The van der Waals surface area contributed by atoms with Crippen LogP contribution in [0, 0.1) is 5.92 Å². The van der Waals surface area contributed by atoms with Crippen LogP contribution in [0.1, 0.15) is 68.5 Å². The van der Waals surface area contributed by atoms with Crippen LogP contribution >= 0.6 is 34.8 Å². The molecule has 4 nitrogen and oxygen atoms in total. The van der Waals surface area contributed by atoms with Gasteiger partial charge in [0.05, 0.1) is 16.8 Å². The van der Waals surface area contributed by atoms with Gasteiger partial charge in [0.2, 0.25) is 5.91 Å². The highest BCUT2D eigenvalue weighted by Gasteiger charge is 2.32. The molecule has 1 saturated heterocycles. The Balaban J connectivity index is 1.39. The van der Waals surface area contributed by atoms with Crippen LogP contribution in [0.3, 0.4) is 0 Å². The van der Waals surface area contributed by atoms with Crippen molar-refractivity contribution in [1.82, 2.24) is 4.90 Å². The predicted molar refractivity (Wildman–Crippen MR) is 138 cm³/mol. The summed E-state index contributed by atoms with van der Waals surface area (Å²) in [4.78, 5) is 14.2. The molecule has 1 aliphatic heterocycles. The van der Waals surface area contributed by atoms with Gasteiger partial charge in [-0.25, -0.2) is 0 Å². The lowest BCUT2D eigenvalue weighted by atomic mass is 9.82. The molecule has 0 bridgehead atoms. The number of nitrogens with two attached hydrogens (primary N) is 1. The van der Waals surface area contributed by atoms with Crippen molar-refractivity contribution in [2.75, 3.05) is 18.4 Å². The quantitative estimate of drug-likeness (QED) is 0.440. The first-order valence-corrected chi connectivity index (χ1v) is 13.0. The zero-order chi connectivity index (χ0) is 23.5. The lowest BCUT2D eigenvalue weighted by Gasteiger charge is -2.41. The molecule has 4 rings (SSSR count). The van der Waals surface area contributed by atoms with Crippen LogP contribution in [0.15, 0.2) is 36.4 Å². The minimum atomic E-state index is -0.134. The van der Waals surface area contributed by atoms with Gasteiger partial charge >= 0.3 is 0 Å². The zero-order valence-electron chi connectivity index (χ0n) is 19.0. The number of rotatable bonds is 6. The lowest BCUT2D eigenvalue weighted by Crippen LogP contribution is -2.45. The molecule has 1 saturated carbocycles. The van der Waals surface area contributed by atoms with Crippen LogP contribution in [-0.4, -0.2) is 29.9 Å². The van der Waals surface area contributed by atoms with Gasteiger partial charge in [-0.2, -0.15) is 0 Å². The molecule has 2 aromatic carbocycles. The number of amides is 1. The fraction of sp³-hybridized carbons (Fsp3) is 0.500. The summed E-state index contributed by atoms with van der Waals surface area (Å²) in [5.41, 5.74) is 8.80. The van der Waals surface area contributed by atoms with Gasteiger partial charge in [-0.3, -0.25) is 4.79 Å². The second-order valence-electron chi connectivity index (χ2n) is 9.50. The van der Waals surface area contributed by atoms with Crippen LogP contribution in [0.5, 0.6) is 0 Å². The molecule has 2 fully saturated rings. The minimum Gasteiger partial charge on any atom is -0.377 e. The highest BCUT2D eigenvalue weighted by molar-refractivity contribution is 6.35. The van der Waals surface area contributed by atoms with E-state index in [0.29, 0.717) is 27.0 Å². The SMILES string of the molecule is C[C@@H](Nc1cc(C2CCN([C@@H]3CCC[C@H](C(N)=O)C3)CC2)ccc1Cl)c1ccc(Cl)cc1Cl. The summed E-state index contributed by atoms with van der Waals surface area (Å²) in [5.74, 6) is 0.413. The molecule has 3 N–H and O–H groups in total. The first-order valence-electron chi connectivity index (χ1n) is 11.9. The molecule has 0 spiro atoms. The lowest BCUT2D eigenvalue weighted by molar-refractivity contribution is -0.123. The zero-order valence-corrected chi connectivity index (χ0v) is 21.3.